The van der Waals surface area contributed by atoms with Crippen LogP contribution in [0.1, 0.15) is 21.5 Å². The van der Waals surface area contributed by atoms with Gasteiger partial charge in [-0.25, -0.2) is 8.42 Å². The molecule has 7 heteroatoms. The molecule has 0 aliphatic carbocycles. The quantitative estimate of drug-likeness (QED) is 0.624. The van der Waals surface area contributed by atoms with Crippen LogP contribution in [0, 0.1) is 13.8 Å². The number of piperazine rings is 1. The minimum atomic E-state index is -3.60. The number of rotatable bonds is 4. The number of hydrogen-bond donors (Lipinski definition) is 0. The third kappa shape index (κ3) is 4.03. The molecule has 1 heterocycles. The Morgan fingerprint density at radius 3 is 2.19 bits per heavy atom. The highest BCUT2D eigenvalue weighted by molar-refractivity contribution is 7.89. The van der Waals surface area contributed by atoms with Crippen LogP contribution in [0.2, 0.25) is 0 Å². The minimum absolute atomic E-state index is 0.147. The monoisotopic (exact) mass is 438 g/mol. The molecule has 0 saturated carbocycles. The van der Waals surface area contributed by atoms with E-state index in [4.69, 9.17) is 4.74 Å². The number of amides is 1. The van der Waals surface area contributed by atoms with Crippen molar-refractivity contribution in [2.24, 2.45) is 0 Å². The highest BCUT2D eigenvalue weighted by Gasteiger charge is 2.32. The third-order valence-electron chi connectivity index (χ3n) is 5.79. The van der Waals surface area contributed by atoms with Crippen LogP contribution in [0.25, 0.3) is 10.8 Å². The van der Waals surface area contributed by atoms with Crippen LogP contribution in [0.3, 0.4) is 0 Å². The summed E-state index contributed by atoms with van der Waals surface area (Å²) in [6.45, 7) is 4.87. The van der Waals surface area contributed by atoms with Crippen LogP contribution in [-0.4, -0.2) is 56.8 Å². The first-order chi connectivity index (χ1) is 14.8. The normalized spacial score (nSPS) is 15.3. The second-order valence-electron chi connectivity index (χ2n) is 7.86. The van der Waals surface area contributed by atoms with Crippen LogP contribution in [0.5, 0.6) is 5.75 Å². The number of methoxy groups -OCH3 is 1. The lowest BCUT2D eigenvalue weighted by molar-refractivity contribution is 0.0694. The number of carbonyl (C=O) groups excluding carboxylic acids is 1. The average Bonchev–Trinajstić information content (AvgIpc) is 2.79. The van der Waals surface area contributed by atoms with E-state index in [1.54, 1.807) is 25.0 Å². The van der Waals surface area contributed by atoms with Gasteiger partial charge in [-0.2, -0.15) is 4.31 Å². The Hall–Kier alpha value is -2.90. The summed E-state index contributed by atoms with van der Waals surface area (Å²) in [7, 11) is -2.05. The van der Waals surface area contributed by atoms with Gasteiger partial charge in [-0.3, -0.25) is 4.79 Å². The number of sulfonamides is 1. The van der Waals surface area contributed by atoms with Gasteiger partial charge < -0.3 is 9.64 Å². The van der Waals surface area contributed by atoms with Crippen molar-refractivity contribution in [1.29, 1.82) is 0 Å². The molecule has 4 rings (SSSR count). The molecule has 31 heavy (non-hydrogen) atoms. The van der Waals surface area contributed by atoms with Gasteiger partial charge in [-0.05, 0) is 53.9 Å². The molecule has 0 N–H and O–H groups in total. The summed E-state index contributed by atoms with van der Waals surface area (Å²) >= 11 is 0. The highest BCUT2D eigenvalue weighted by atomic mass is 32.2. The largest absolute Gasteiger partial charge is 0.496 e. The van der Waals surface area contributed by atoms with Crippen molar-refractivity contribution in [2.45, 2.75) is 18.7 Å². The van der Waals surface area contributed by atoms with E-state index >= 15 is 0 Å². The first-order valence-electron chi connectivity index (χ1n) is 10.2. The Bertz CT molecular complexity index is 1250. The van der Waals surface area contributed by atoms with Crippen molar-refractivity contribution in [3.63, 3.8) is 0 Å². The van der Waals surface area contributed by atoms with E-state index in [1.807, 2.05) is 55.5 Å². The second kappa shape index (κ2) is 8.32. The summed E-state index contributed by atoms with van der Waals surface area (Å²) in [6.07, 6.45) is 0. The fourth-order valence-electron chi connectivity index (χ4n) is 3.98. The van der Waals surface area contributed by atoms with Crippen LogP contribution < -0.4 is 4.74 Å². The van der Waals surface area contributed by atoms with Crippen molar-refractivity contribution in [2.75, 3.05) is 33.3 Å². The predicted octanol–water partition coefficient (Wildman–Crippen LogP) is 3.61. The van der Waals surface area contributed by atoms with Crippen molar-refractivity contribution in [3.05, 3.63) is 71.3 Å². The van der Waals surface area contributed by atoms with Gasteiger partial charge in [0.05, 0.1) is 17.6 Å². The fraction of sp³-hybridized carbons (Fsp3) is 0.292. The Labute approximate surface area is 183 Å². The SMILES string of the molecule is COc1cc2ccccc2cc1C(=O)N1CCN(S(=O)(=O)c2cc(C)ccc2C)CC1. The minimum Gasteiger partial charge on any atom is -0.496 e. The summed E-state index contributed by atoms with van der Waals surface area (Å²) in [5.41, 5.74) is 2.12. The van der Waals surface area contributed by atoms with E-state index in [0.717, 1.165) is 21.9 Å². The van der Waals surface area contributed by atoms with E-state index < -0.39 is 10.0 Å². The first kappa shape index (κ1) is 21.3. The van der Waals surface area contributed by atoms with Crippen LogP contribution in [0.15, 0.2) is 59.5 Å². The zero-order valence-electron chi connectivity index (χ0n) is 18.0. The van der Waals surface area contributed by atoms with Gasteiger partial charge in [0.25, 0.3) is 5.91 Å². The number of nitrogens with zero attached hydrogens (tertiary/aromatic N) is 2. The summed E-state index contributed by atoms with van der Waals surface area (Å²) in [6, 6.07) is 17.0. The molecule has 0 radical (unpaired) electrons. The number of fused-ring (bicyclic) bond motifs is 1. The van der Waals surface area contributed by atoms with Gasteiger partial charge in [0.2, 0.25) is 10.0 Å². The summed E-state index contributed by atoms with van der Waals surface area (Å²) in [5.74, 6) is 0.375. The number of benzene rings is 3. The topological polar surface area (TPSA) is 66.9 Å². The molecule has 0 aromatic heterocycles. The summed E-state index contributed by atoms with van der Waals surface area (Å²) in [5, 5.41) is 1.96. The molecule has 1 aliphatic rings. The molecule has 1 fully saturated rings. The highest BCUT2D eigenvalue weighted by Crippen LogP contribution is 2.28. The van der Waals surface area contributed by atoms with Crippen molar-refractivity contribution in [1.82, 2.24) is 9.21 Å². The Morgan fingerprint density at radius 2 is 1.55 bits per heavy atom. The Kier molecular flexibility index (Phi) is 5.73. The van der Waals surface area contributed by atoms with E-state index in [1.165, 1.54) is 4.31 Å². The molecule has 0 spiro atoms. The van der Waals surface area contributed by atoms with Gasteiger partial charge in [-0.15, -0.1) is 0 Å². The van der Waals surface area contributed by atoms with Crippen LogP contribution in [-0.2, 0) is 10.0 Å². The smallest absolute Gasteiger partial charge is 0.257 e. The molecule has 1 amide bonds. The van der Waals surface area contributed by atoms with Gasteiger partial charge in [0.15, 0.2) is 0 Å². The maximum Gasteiger partial charge on any atom is 0.257 e. The molecule has 3 aromatic rings. The zero-order chi connectivity index (χ0) is 22.2. The van der Waals surface area contributed by atoms with E-state index in [-0.39, 0.29) is 19.0 Å². The lowest BCUT2D eigenvalue weighted by Crippen LogP contribution is -2.50. The van der Waals surface area contributed by atoms with Crippen molar-refractivity contribution >= 4 is 26.7 Å². The van der Waals surface area contributed by atoms with Crippen molar-refractivity contribution in [3.8, 4) is 5.75 Å². The third-order valence-corrected chi connectivity index (χ3v) is 7.83. The Balaban J connectivity index is 1.54. The predicted molar refractivity (Wildman–Crippen MR) is 121 cm³/mol. The van der Waals surface area contributed by atoms with E-state index in [0.29, 0.717) is 29.3 Å². The second-order valence-corrected chi connectivity index (χ2v) is 9.77. The fourth-order valence-corrected chi connectivity index (χ4v) is 5.71. The van der Waals surface area contributed by atoms with E-state index in [9.17, 15) is 13.2 Å². The number of aryl methyl sites for hydroxylation is 2. The van der Waals surface area contributed by atoms with Crippen LogP contribution in [0.4, 0.5) is 0 Å². The molecule has 0 unspecified atom stereocenters. The summed E-state index contributed by atoms with van der Waals surface area (Å²) in [4.78, 5) is 15.3. The van der Waals surface area contributed by atoms with Gasteiger partial charge in [0.1, 0.15) is 5.75 Å². The van der Waals surface area contributed by atoms with Crippen molar-refractivity contribution < 1.29 is 17.9 Å². The number of ether oxygens (including phenoxy) is 1. The number of hydrogen-bond acceptors (Lipinski definition) is 4. The van der Waals surface area contributed by atoms with Gasteiger partial charge >= 0.3 is 0 Å². The molecular formula is C24H26N2O4S. The van der Waals surface area contributed by atoms with Gasteiger partial charge in [-0.1, -0.05) is 36.4 Å². The first-order valence-corrected chi connectivity index (χ1v) is 11.7. The molecule has 0 atom stereocenters. The lowest BCUT2D eigenvalue weighted by atomic mass is 10.0. The molecule has 1 saturated heterocycles. The maximum absolute atomic E-state index is 13.2. The standard InChI is InChI=1S/C24H26N2O4S/c1-17-8-9-18(2)23(14-17)31(28,29)26-12-10-25(11-13-26)24(27)21-15-19-6-4-5-7-20(19)16-22(21)30-3/h4-9,14-16H,10-13H2,1-3H3. The maximum atomic E-state index is 13.2. The molecule has 1 aliphatic heterocycles. The van der Waals surface area contributed by atoms with E-state index in [2.05, 4.69) is 0 Å². The Morgan fingerprint density at radius 1 is 0.903 bits per heavy atom. The number of carbonyl (C=O) groups is 1. The molecule has 3 aromatic carbocycles. The molecular weight excluding hydrogens is 412 g/mol. The lowest BCUT2D eigenvalue weighted by Gasteiger charge is -2.34. The van der Waals surface area contributed by atoms with Gasteiger partial charge in [0, 0.05) is 26.2 Å². The zero-order valence-corrected chi connectivity index (χ0v) is 18.8. The molecule has 0 bridgehead atoms. The van der Waals surface area contributed by atoms with Crippen LogP contribution >= 0.6 is 0 Å². The molecule has 6 nitrogen and oxygen atoms in total. The summed E-state index contributed by atoms with van der Waals surface area (Å²) < 4.78 is 33.2. The average molecular weight is 439 g/mol. The molecule has 162 valence electrons.